The topological polar surface area (TPSA) is 68.5 Å². The summed E-state index contributed by atoms with van der Waals surface area (Å²) in [6.45, 7) is 2.75. The largest absolute Gasteiger partial charge is 0.497 e. The van der Waals surface area contributed by atoms with Gasteiger partial charge in [0.1, 0.15) is 5.75 Å². The van der Waals surface area contributed by atoms with Crippen molar-refractivity contribution in [2.24, 2.45) is 0 Å². The fourth-order valence-electron chi connectivity index (χ4n) is 3.24. The summed E-state index contributed by atoms with van der Waals surface area (Å²) in [4.78, 5) is 14.6. The predicted octanol–water partition coefficient (Wildman–Crippen LogP) is 4.13. The molecule has 0 spiro atoms. The molecule has 144 valence electrons. The van der Waals surface area contributed by atoms with Gasteiger partial charge in [0, 0.05) is 17.8 Å². The predicted molar refractivity (Wildman–Crippen MR) is 109 cm³/mol. The first-order chi connectivity index (χ1) is 13.6. The Labute approximate surface area is 167 Å². The Balaban J connectivity index is 1.42. The number of benzene rings is 2. The van der Waals surface area contributed by atoms with Gasteiger partial charge in [0.05, 0.1) is 12.9 Å². The molecule has 0 bridgehead atoms. The second-order valence-corrected chi connectivity index (χ2v) is 7.60. The van der Waals surface area contributed by atoms with Gasteiger partial charge in [-0.2, -0.15) is 0 Å². The number of ether oxygens (including phenoxy) is 1. The van der Waals surface area contributed by atoms with Crippen LogP contribution in [-0.2, 0) is 11.2 Å². The average Bonchev–Trinajstić information content (AvgIpc) is 3.20. The molecule has 2 heterocycles. The maximum atomic E-state index is 12.8. The van der Waals surface area contributed by atoms with Crippen LogP contribution in [0, 0.1) is 6.92 Å². The molecule has 0 atom stereocenters. The van der Waals surface area contributed by atoms with E-state index in [4.69, 9.17) is 9.15 Å². The average molecular weight is 395 g/mol. The van der Waals surface area contributed by atoms with Crippen LogP contribution < -0.4 is 9.64 Å². The van der Waals surface area contributed by atoms with Gasteiger partial charge in [-0.05, 0) is 55.7 Å². The zero-order chi connectivity index (χ0) is 19.5. The van der Waals surface area contributed by atoms with Crippen LogP contribution in [0.15, 0.2) is 52.1 Å². The van der Waals surface area contributed by atoms with Crippen LogP contribution in [-0.4, -0.2) is 35.5 Å². The first kappa shape index (κ1) is 18.6. The maximum absolute atomic E-state index is 12.8. The molecule has 0 unspecified atom stereocenters. The van der Waals surface area contributed by atoms with Gasteiger partial charge in [-0.15, -0.1) is 10.2 Å². The zero-order valence-corrected chi connectivity index (χ0v) is 16.7. The molecule has 0 N–H and O–H groups in total. The van der Waals surface area contributed by atoms with E-state index in [1.165, 1.54) is 17.3 Å². The molecule has 2 aromatic carbocycles. The second kappa shape index (κ2) is 8.06. The van der Waals surface area contributed by atoms with Crippen molar-refractivity contribution in [3.05, 3.63) is 53.6 Å². The zero-order valence-electron chi connectivity index (χ0n) is 15.8. The first-order valence-corrected chi connectivity index (χ1v) is 10.1. The molecule has 7 heteroatoms. The number of carbonyl (C=O) groups excluding carboxylic acids is 1. The number of thioether (sulfide) groups is 1. The summed E-state index contributed by atoms with van der Waals surface area (Å²) in [6, 6.07) is 13.7. The van der Waals surface area contributed by atoms with Gasteiger partial charge < -0.3 is 14.1 Å². The fraction of sp³-hybridized carbons (Fsp3) is 0.286. The molecular formula is C21H21N3O3S. The van der Waals surface area contributed by atoms with Gasteiger partial charge in [-0.1, -0.05) is 29.5 Å². The summed E-state index contributed by atoms with van der Waals surface area (Å²) in [6.07, 6.45) is 1.89. The van der Waals surface area contributed by atoms with Crippen LogP contribution in [0.1, 0.15) is 17.5 Å². The number of anilines is 1. The minimum atomic E-state index is 0.0335. The van der Waals surface area contributed by atoms with Crippen LogP contribution in [0.4, 0.5) is 5.69 Å². The number of nitrogens with zero attached hydrogens (tertiary/aromatic N) is 3. The van der Waals surface area contributed by atoms with Crippen molar-refractivity contribution >= 4 is 23.4 Å². The van der Waals surface area contributed by atoms with Crippen molar-refractivity contribution in [3.63, 3.8) is 0 Å². The highest BCUT2D eigenvalue weighted by atomic mass is 32.2. The van der Waals surface area contributed by atoms with Crippen LogP contribution in [0.2, 0.25) is 0 Å². The number of fused-ring (bicyclic) bond motifs is 1. The molecule has 1 amide bonds. The lowest BCUT2D eigenvalue weighted by Crippen LogP contribution is -2.36. The second-order valence-electron chi connectivity index (χ2n) is 6.67. The number of aromatic nitrogens is 2. The highest BCUT2D eigenvalue weighted by Crippen LogP contribution is 2.31. The van der Waals surface area contributed by atoms with Crippen molar-refractivity contribution in [2.75, 3.05) is 24.3 Å². The number of methoxy groups -OCH3 is 1. The van der Waals surface area contributed by atoms with E-state index >= 15 is 0 Å². The van der Waals surface area contributed by atoms with Crippen molar-refractivity contribution in [1.29, 1.82) is 0 Å². The summed E-state index contributed by atoms with van der Waals surface area (Å²) in [5.74, 6) is 1.56. The summed E-state index contributed by atoms with van der Waals surface area (Å²) in [5.41, 5.74) is 4.14. The smallest absolute Gasteiger partial charge is 0.277 e. The van der Waals surface area contributed by atoms with E-state index in [0.717, 1.165) is 42.0 Å². The van der Waals surface area contributed by atoms with Crippen molar-refractivity contribution in [3.8, 4) is 17.2 Å². The minimum absolute atomic E-state index is 0.0335. The van der Waals surface area contributed by atoms with E-state index in [9.17, 15) is 4.79 Å². The van der Waals surface area contributed by atoms with Crippen LogP contribution in [0.25, 0.3) is 11.5 Å². The van der Waals surface area contributed by atoms with Gasteiger partial charge in [-0.3, -0.25) is 4.79 Å². The highest BCUT2D eigenvalue weighted by Gasteiger charge is 2.23. The monoisotopic (exact) mass is 395 g/mol. The normalized spacial score (nSPS) is 13.3. The molecule has 0 fully saturated rings. The molecule has 0 saturated heterocycles. The lowest BCUT2D eigenvalue weighted by molar-refractivity contribution is -0.116. The van der Waals surface area contributed by atoms with E-state index in [1.54, 1.807) is 7.11 Å². The summed E-state index contributed by atoms with van der Waals surface area (Å²) in [5, 5.41) is 8.54. The lowest BCUT2D eigenvalue weighted by Gasteiger charge is -2.29. The first-order valence-electron chi connectivity index (χ1n) is 9.14. The van der Waals surface area contributed by atoms with Crippen LogP contribution in [0.5, 0.6) is 5.75 Å². The molecule has 1 aliphatic heterocycles. The summed E-state index contributed by atoms with van der Waals surface area (Å²) < 4.78 is 11.0. The molecule has 3 aromatic rings. The number of rotatable bonds is 5. The third kappa shape index (κ3) is 3.89. The Hall–Kier alpha value is -2.80. The Bertz CT molecular complexity index is 985. The molecule has 1 aliphatic rings. The number of carbonyl (C=O) groups is 1. The van der Waals surface area contributed by atoms with Crippen molar-refractivity contribution in [1.82, 2.24) is 10.2 Å². The number of hydrogen-bond acceptors (Lipinski definition) is 6. The Morgan fingerprint density at radius 3 is 2.82 bits per heavy atom. The fourth-order valence-corrected chi connectivity index (χ4v) is 3.88. The third-order valence-electron chi connectivity index (χ3n) is 4.73. The van der Waals surface area contributed by atoms with Gasteiger partial charge in [-0.25, -0.2) is 0 Å². The van der Waals surface area contributed by atoms with Gasteiger partial charge >= 0.3 is 0 Å². The Morgan fingerprint density at radius 2 is 2.04 bits per heavy atom. The van der Waals surface area contributed by atoms with Crippen molar-refractivity contribution < 1.29 is 13.9 Å². The number of amides is 1. The molecule has 0 radical (unpaired) electrons. The van der Waals surface area contributed by atoms with Crippen LogP contribution >= 0.6 is 11.8 Å². The Kier molecular flexibility index (Phi) is 5.34. The summed E-state index contributed by atoms with van der Waals surface area (Å²) in [7, 11) is 1.65. The highest BCUT2D eigenvalue weighted by molar-refractivity contribution is 7.99. The third-order valence-corrected chi connectivity index (χ3v) is 5.53. The number of hydrogen-bond donors (Lipinski definition) is 0. The molecule has 0 saturated carbocycles. The van der Waals surface area contributed by atoms with E-state index in [1.807, 2.05) is 54.3 Å². The number of aryl methyl sites for hydroxylation is 2. The quantitative estimate of drug-likeness (QED) is 0.605. The molecule has 1 aromatic heterocycles. The van der Waals surface area contributed by atoms with E-state index in [-0.39, 0.29) is 11.7 Å². The molecule has 28 heavy (non-hydrogen) atoms. The van der Waals surface area contributed by atoms with Gasteiger partial charge in [0.15, 0.2) is 0 Å². The van der Waals surface area contributed by atoms with Gasteiger partial charge in [0.25, 0.3) is 5.22 Å². The SMILES string of the molecule is COc1ccc2c(c1)CCCN2C(=O)CSc1nnc(-c2ccc(C)cc2)o1. The van der Waals surface area contributed by atoms with E-state index in [2.05, 4.69) is 10.2 Å². The standard InChI is InChI=1S/C21H21N3O3S/c1-14-5-7-15(8-6-14)20-22-23-21(27-20)28-13-19(25)24-11-3-4-16-12-17(26-2)9-10-18(16)24/h5-10,12H,3-4,11,13H2,1-2H3. The summed E-state index contributed by atoms with van der Waals surface area (Å²) >= 11 is 1.27. The molecular weight excluding hydrogens is 374 g/mol. The van der Waals surface area contributed by atoms with Gasteiger partial charge in [0.2, 0.25) is 11.8 Å². The van der Waals surface area contributed by atoms with Crippen LogP contribution in [0.3, 0.4) is 0 Å². The minimum Gasteiger partial charge on any atom is -0.497 e. The molecule has 4 rings (SSSR count). The molecule has 6 nitrogen and oxygen atoms in total. The van der Waals surface area contributed by atoms with E-state index in [0.29, 0.717) is 11.1 Å². The molecule has 0 aliphatic carbocycles. The van der Waals surface area contributed by atoms with E-state index < -0.39 is 0 Å². The Morgan fingerprint density at radius 1 is 1.21 bits per heavy atom. The van der Waals surface area contributed by atoms with Crippen molar-refractivity contribution in [2.45, 2.75) is 25.0 Å². The lowest BCUT2D eigenvalue weighted by atomic mass is 10.0. The maximum Gasteiger partial charge on any atom is 0.277 e.